The standard InChI is InChI=1S/C12H13BrN2OS2/c1-2-3-8-6-11(16)15-12(14-8)17-7-9-4-5-10(13)18-9/h4-6H,2-3,7H2,1H3,(H,14,15,16). The second-order valence-electron chi connectivity index (χ2n) is 3.79. The highest BCUT2D eigenvalue weighted by Gasteiger charge is 2.04. The first kappa shape index (κ1) is 13.8. The number of aromatic amines is 1. The van der Waals surface area contributed by atoms with E-state index in [1.807, 2.05) is 6.07 Å². The normalized spacial score (nSPS) is 10.8. The minimum atomic E-state index is -0.0664. The second-order valence-corrected chi connectivity index (χ2v) is 7.30. The molecule has 0 saturated heterocycles. The molecule has 0 spiro atoms. The van der Waals surface area contributed by atoms with Gasteiger partial charge in [-0.1, -0.05) is 25.1 Å². The van der Waals surface area contributed by atoms with Gasteiger partial charge < -0.3 is 4.98 Å². The van der Waals surface area contributed by atoms with E-state index < -0.39 is 0 Å². The Morgan fingerprint density at radius 2 is 2.33 bits per heavy atom. The Hall–Kier alpha value is -0.590. The number of rotatable bonds is 5. The van der Waals surface area contributed by atoms with Gasteiger partial charge in [0, 0.05) is 22.4 Å². The van der Waals surface area contributed by atoms with E-state index in [1.165, 1.54) is 4.88 Å². The fraction of sp³-hybridized carbons (Fsp3) is 0.333. The van der Waals surface area contributed by atoms with Crippen molar-refractivity contribution < 1.29 is 0 Å². The Morgan fingerprint density at radius 1 is 1.50 bits per heavy atom. The zero-order chi connectivity index (χ0) is 13.0. The Morgan fingerprint density at radius 3 is 3.00 bits per heavy atom. The van der Waals surface area contributed by atoms with Crippen molar-refractivity contribution in [2.45, 2.75) is 30.7 Å². The molecule has 0 aliphatic heterocycles. The number of thiophene rings is 1. The van der Waals surface area contributed by atoms with Crippen LogP contribution in [0.15, 0.2) is 31.9 Å². The third-order valence-electron chi connectivity index (χ3n) is 2.26. The summed E-state index contributed by atoms with van der Waals surface area (Å²) in [6, 6.07) is 5.69. The molecule has 0 unspecified atom stereocenters. The molecule has 0 fully saturated rings. The predicted octanol–water partition coefficient (Wildman–Crippen LogP) is 3.84. The third-order valence-corrected chi connectivity index (χ3v) is 4.99. The van der Waals surface area contributed by atoms with Crippen molar-refractivity contribution in [2.75, 3.05) is 0 Å². The summed E-state index contributed by atoms with van der Waals surface area (Å²) in [4.78, 5) is 20.0. The first-order valence-corrected chi connectivity index (χ1v) is 8.24. The lowest BCUT2D eigenvalue weighted by Crippen LogP contribution is -2.09. The van der Waals surface area contributed by atoms with E-state index >= 15 is 0 Å². The molecule has 3 nitrogen and oxygen atoms in total. The van der Waals surface area contributed by atoms with Gasteiger partial charge in [0.1, 0.15) is 0 Å². The molecule has 2 rings (SSSR count). The number of hydrogen-bond donors (Lipinski definition) is 1. The fourth-order valence-electron chi connectivity index (χ4n) is 1.50. The highest BCUT2D eigenvalue weighted by molar-refractivity contribution is 9.11. The molecule has 0 radical (unpaired) electrons. The van der Waals surface area contributed by atoms with Crippen molar-refractivity contribution in [3.05, 3.63) is 42.9 Å². The molecule has 1 N–H and O–H groups in total. The van der Waals surface area contributed by atoms with E-state index in [0.29, 0.717) is 5.16 Å². The summed E-state index contributed by atoms with van der Waals surface area (Å²) in [5.41, 5.74) is 0.805. The highest BCUT2D eigenvalue weighted by Crippen LogP contribution is 2.27. The number of halogens is 1. The minimum Gasteiger partial charge on any atom is -0.301 e. The van der Waals surface area contributed by atoms with Crippen molar-refractivity contribution >= 4 is 39.0 Å². The lowest BCUT2D eigenvalue weighted by Gasteiger charge is -2.02. The SMILES string of the molecule is CCCc1cc(=O)[nH]c(SCc2ccc(Br)s2)n1. The van der Waals surface area contributed by atoms with Crippen LogP contribution < -0.4 is 5.56 Å². The molecule has 0 amide bonds. The van der Waals surface area contributed by atoms with Crippen molar-refractivity contribution in [3.63, 3.8) is 0 Å². The summed E-state index contributed by atoms with van der Waals surface area (Å²) < 4.78 is 1.12. The minimum absolute atomic E-state index is 0.0664. The van der Waals surface area contributed by atoms with E-state index in [1.54, 1.807) is 29.2 Å². The zero-order valence-electron chi connectivity index (χ0n) is 9.90. The summed E-state index contributed by atoms with van der Waals surface area (Å²) >= 11 is 6.70. The molecule has 2 aromatic heterocycles. The summed E-state index contributed by atoms with van der Waals surface area (Å²) in [6.45, 7) is 2.08. The number of H-pyrrole nitrogens is 1. The maximum absolute atomic E-state index is 11.5. The van der Waals surface area contributed by atoms with E-state index in [9.17, 15) is 4.79 Å². The van der Waals surface area contributed by atoms with Crippen LogP contribution in [0.1, 0.15) is 23.9 Å². The number of nitrogens with zero attached hydrogens (tertiary/aromatic N) is 1. The molecule has 18 heavy (non-hydrogen) atoms. The average Bonchev–Trinajstić information content (AvgIpc) is 2.72. The molecular formula is C12H13BrN2OS2. The maximum atomic E-state index is 11.5. The summed E-state index contributed by atoms with van der Waals surface area (Å²) in [5.74, 6) is 0.828. The van der Waals surface area contributed by atoms with Crippen LogP contribution in [0.2, 0.25) is 0 Å². The van der Waals surface area contributed by atoms with Gasteiger partial charge in [-0.05, 0) is 34.5 Å². The maximum Gasteiger partial charge on any atom is 0.251 e. The topological polar surface area (TPSA) is 45.8 Å². The monoisotopic (exact) mass is 344 g/mol. The highest BCUT2D eigenvalue weighted by atomic mass is 79.9. The van der Waals surface area contributed by atoms with Gasteiger partial charge in [0.15, 0.2) is 5.16 Å². The summed E-state index contributed by atoms with van der Waals surface area (Å²) in [7, 11) is 0. The largest absolute Gasteiger partial charge is 0.301 e. The van der Waals surface area contributed by atoms with Crippen molar-refractivity contribution in [3.8, 4) is 0 Å². The summed E-state index contributed by atoms with van der Waals surface area (Å²) in [5, 5.41) is 0.704. The molecule has 0 atom stereocenters. The van der Waals surface area contributed by atoms with E-state index in [2.05, 4.69) is 38.9 Å². The predicted molar refractivity (Wildman–Crippen MR) is 80.4 cm³/mol. The Kier molecular flexibility index (Phi) is 5.03. The lowest BCUT2D eigenvalue weighted by molar-refractivity contribution is 0.816. The quantitative estimate of drug-likeness (QED) is 0.662. The fourth-order valence-corrected chi connectivity index (χ4v) is 3.93. The first-order valence-electron chi connectivity index (χ1n) is 5.64. The molecule has 0 aromatic carbocycles. The van der Waals surface area contributed by atoms with E-state index in [0.717, 1.165) is 28.1 Å². The van der Waals surface area contributed by atoms with Crippen LogP contribution in [0.3, 0.4) is 0 Å². The Balaban J connectivity index is 2.06. The number of hydrogen-bond acceptors (Lipinski definition) is 4. The third kappa shape index (κ3) is 3.96. The number of thioether (sulfide) groups is 1. The lowest BCUT2D eigenvalue weighted by atomic mass is 10.2. The van der Waals surface area contributed by atoms with Crippen molar-refractivity contribution in [1.29, 1.82) is 0 Å². The summed E-state index contributed by atoms with van der Waals surface area (Å²) in [6.07, 6.45) is 1.85. The van der Waals surface area contributed by atoms with Crippen LogP contribution in [0.4, 0.5) is 0 Å². The molecule has 0 saturated carbocycles. The van der Waals surface area contributed by atoms with Crippen LogP contribution in [0.25, 0.3) is 0 Å². The Bertz CT molecular complexity index is 579. The van der Waals surface area contributed by atoms with Crippen LogP contribution >= 0.6 is 39.0 Å². The molecule has 2 aromatic rings. The van der Waals surface area contributed by atoms with Crippen LogP contribution in [-0.2, 0) is 12.2 Å². The van der Waals surface area contributed by atoms with Gasteiger partial charge >= 0.3 is 0 Å². The average molecular weight is 345 g/mol. The number of aryl methyl sites for hydroxylation is 1. The molecule has 6 heteroatoms. The smallest absolute Gasteiger partial charge is 0.251 e. The Labute approximate surface area is 122 Å². The van der Waals surface area contributed by atoms with Gasteiger partial charge in [-0.2, -0.15) is 0 Å². The van der Waals surface area contributed by atoms with Crippen LogP contribution in [-0.4, -0.2) is 9.97 Å². The molecule has 2 heterocycles. The molecule has 96 valence electrons. The second kappa shape index (κ2) is 6.54. The number of nitrogens with one attached hydrogen (secondary N) is 1. The van der Waals surface area contributed by atoms with Gasteiger partial charge in [-0.15, -0.1) is 11.3 Å². The van der Waals surface area contributed by atoms with Crippen LogP contribution in [0.5, 0.6) is 0 Å². The van der Waals surface area contributed by atoms with Crippen molar-refractivity contribution in [1.82, 2.24) is 9.97 Å². The van der Waals surface area contributed by atoms with Gasteiger partial charge in [0.05, 0.1) is 3.79 Å². The van der Waals surface area contributed by atoms with Gasteiger partial charge in [-0.3, -0.25) is 4.79 Å². The van der Waals surface area contributed by atoms with Crippen molar-refractivity contribution in [2.24, 2.45) is 0 Å². The van der Waals surface area contributed by atoms with E-state index in [4.69, 9.17) is 0 Å². The van der Waals surface area contributed by atoms with Crippen LogP contribution in [0, 0.1) is 0 Å². The van der Waals surface area contributed by atoms with Gasteiger partial charge in [0.2, 0.25) is 0 Å². The van der Waals surface area contributed by atoms with Gasteiger partial charge in [-0.25, -0.2) is 4.98 Å². The van der Waals surface area contributed by atoms with Gasteiger partial charge in [0.25, 0.3) is 5.56 Å². The first-order chi connectivity index (χ1) is 8.67. The molecule has 0 aliphatic rings. The van der Waals surface area contributed by atoms with E-state index in [-0.39, 0.29) is 5.56 Å². The zero-order valence-corrected chi connectivity index (χ0v) is 13.1. The molecule has 0 aliphatic carbocycles. The number of aromatic nitrogens is 2. The molecular weight excluding hydrogens is 332 g/mol. The molecule has 0 bridgehead atoms.